The van der Waals surface area contributed by atoms with Crippen LogP contribution in [-0.2, 0) is 4.79 Å². The summed E-state index contributed by atoms with van der Waals surface area (Å²) < 4.78 is 0. The van der Waals surface area contributed by atoms with Gasteiger partial charge in [0.15, 0.2) is 0 Å². The van der Waals surface area contributed by atoms with Crippen molar-refractivity contribution in [1.82, 2.24) is 5.32 Å². The highest BCUT2D eigenvalue weighted by Gasteiger charge is 2.22. The molecule has 0 radical (unpaired) electrons. The van der Waals surface area contributed by atoms with Crippen LogP contribution in [0.1, 0.15) is 43.4 Å². The zero-order chi connectivity index (χ0) is 15.2. The van der Waals surface area contributed by atoms with Gasteiger partial charge >= 0.3 is 0 Å². The molecule has 1 unspecified atom stereocenters. The molecule has 0 spiro atoms. The van der Waals surface area contributed by atoms with Crippen molar-refractivity contribution in [3.63, 3.8) is 0 Å². The minimum atomic E-state index is -0.349. The lowest BCUT2D eigenvalue weighted by atomic mass is 9.95. The van der Waals surface area contributed by atoms with Gasteiger partial charge in [-0.25, -0.2) is 0 Å². The van der Waals surface area contributed by atoms with Crippen LogP contribution in [0.3, 0.4) is 0 Å². The number of aliphatic hydroxyl groups is 1. The van der Waals surface area contributed by atoms with Crippen molar-refractivity contribution in [2.45, 2.75) is 46.1 Å². The maximum absolute atomic E-state index is 12.0. The molecule has 0 saturated heterocycles. The highest BCUT2D eigenvalue weighted by molar-refractivity contribution is 5.92. The van der Waals surface area contributed by atoms with E-state index in [0.29, 0.717) is 6.42 Å². The Morgan fingerprint density at radius 3 is 2.65 bits per heavy atom. The van der Waals surface area contributed by atoms with Gasteiger partial charge in [0.2, 0.25) is 5.91 Å². The Bertz CT molecular complexity index is 494. The average molecular weight is 275 g/mol. The fourth-order valence-electron chi connectivity index (χ4n) is 2.09. The molecule has 0 aliphatic heterocycles. The predicted molar refractivity (Wildman–Crippen MR) is 83.5 cm³/mol. The third-order valence-corrected chi connectivity index (χ3v) is 3.71. The number of carbonyl (C=O) groups is 1. The molecule has 0 fully saturated rings. The van der Waals surface area contributed by atoms with E-state index in [1.165, 1.54) is 5.56 Å². The summed E-state index contributed by atoms with van der Waals surface area (Å²) in [5, 5.41) is 12.0. The van der Waals surface area contributed by atoms with Crippen LogP contribution in [0.15, 0.2) is 24.3 Å². The van der Waals surface area contributed by atoms with Gasteiger partial charge in [0.1, 0.15) is 0 Å². The van der Waals surface area contributed by atoms with Gasteiger partial charge < -0.3 is 10.4 Å². The largest absolute Gasteiger partial charge is 0.396 e. The quantitative estimate of drug-likeness (QED) is 0.784. The molecule has 1 atom stereocenters. The number of hydrogen-bond acceptors (Lipinski definition) is 2. The van der Waals surface area contributed by atoms with Crippen molar-refractivity contribution in [3.8, 4) is 0 Å². The fourth-order valence-corrected chi connectivity index (χ4v) is 2.09. The van der Waals surface area contributed by atoms with Gasteiger partial charge in [0.05, 0.1) is 0 Å². The Morgan fingerprint density at radius 2 is 2.10 bits per heavy atom. The van der Waals surface area contributed by atoms with Crippen LogP contribution >= 0.6 is 0 Å². The van der Waals surface area contributed by atoms with Crippen molar-refractivity contribution in [3.05, 3.63) is 41.0 Å². The number of benzene rings is 1. The Hall–Kier alpha value is -1.61. The minimum Gasteiger partial charge on any atom is -0.396 e. The van der Waals surface area contributed by atoms with Gasteiger partial charge in [-0.2, -0.15) is 0 Å². The van der Waals surface area contributed by atoms with Gasteiger partial charge in [-0.3, -0.25) is 4.79 Å². The SMILES string of the molecule is CCC(C)(CCO)NC(=O)/C=C/c1ccc(C)cc1C. The zero-order valence-electron chi connectivity index (χ0n) is 12.9. The van der Waals surface area contributed by atoms with Crippen LogP contribution in [0.5, 0.6) is 0 Å². The van der Waals surface area contributed by atoms with Gasteiger partial charge in [0, 0.05) is 18.2 Å². The van der Waals surface area contributed by atoms with Crippen LogP contribution in [0.4, 0.5) is 0 Å². The molecule has 0 bridgehead atoms. The lowest BCUT2D eigenvalue weighted by Gasteiger charge is -2.28. The summed E-state index contributed by atoms with van der Waals surface area (Å²) in [5.41, 5.74) is 3.07. The monoisotopic (exact) mass is 275 g/mol. The third kappa shape index (κ3) is 4.82. The standard InChI is InChI=1S/C17H25NO2/c1-5-17(4,10-11-19)18-16(20)9-8-15-7-6-13(2)12-14(15)3/h6-9,12,19H,5,10-11H2,1-4H3,(H,18,20)/b9-8+. The molecule has 0 heterocycles. The fraction of sp³-hybridized carbons (Fsp3) is 0.471. The molecule has 110 valence electrons. The molecule has 1 amide bonds. The minimum absolute atomic E-state index is 0.0748. The van der Waals surface area contributed by atoms with Crippen molar-refractivity contribution in [2.75, 3.05) is 6.61 Å². The first-order valence-electron chi connectivity index (χ1n) is 7.08. The molecule has 3 nitrogen and oxygen atoms in total. The number of hydrogen-bond donors (Lipinski definition) is 2. The van der Waals surface area contributed by atoms with Crippen LogP contribution in [0.25, 0.3) is 6.08 Å². The number of aryl methyl sites for hydroxylation is 2. The smallest absolute Gasteiger partial charge is 0.244 e. The van der Waals surface area contributed by atoms with Crippen LogP contribution in [0.2, 0.25) is 0 Å². The van der Waals surface area contributed by atoms with E-state index in [0.717, 1.165) is 17.5 Å². The van der Waals surface area contributed by atoms with E-state index in [-0.39, 0.29) is 18.1 Å². The maximum Gasteiger partial charge on any atom is 0.244 e. The highest BCUT2D eigenvalue weighted by atomic mass is 16.3. The summed E-state index contributed by atoms with van der Waals surface area (Å²) in [6, 6.07) is 6.15. The first-order valence-corrected chi connectivity index (χ1v) is 7.08. The van der Waals surface area contributed by atoms with Gasteiger partial charge in [0.25, 0.3) is 0 Å². The molecule has 1 rings (SSSR count). The summed E-state index contributed by atoms with van der Waals surface area (Å²) in [5.74, 6) is -0.122. The van der Waals surface area contributed by atoms with Crippen molar-refractivity contribution < 1.29 is 9.90 Å². The van der Waals surface area contributed by atoms with Crippen molar-refractivity contribution >= 4 is 12.0 Å². The lowest BCUT2D eigenvalue weighted by Crippen LogP contribution is -2.45. The second-order valence-electron chi connectivity index (χ2n) is 5.57. The molecule has 0 aliphatic carbocycles. The van der Waals surface area contributed by atoms with Crippen LogP contribution in [0, 0.1) is 13.8 Å². The van der Waals surface area contributed by atoms with Crippen molar-refractivity contribution in [1.29, 1.82) is 0 Å². The Morgan fingerprint density at radius 1 is 1.40 bits per heavy atom. The third-order valence-electron chi connectivity index (χ3n) is 3.71. The first-order chi connectivity index (χ1) is 9.40. The van der Waals surface area contributed by atoms with E-state index in [2.05, 4.69) is 18.3 Å². The van der Waals surface area contributed by atoms with Gasteiger partial charge in [-0.1, -0.05) is 30.7 Å². The number of nitrogens with one attached hydrogen (secondary N) is 1. The molecular formula is C17H25NO2. The zero-order valence-corrected chi connectivity index (χ0v) is 12.9. The van der Waals surface area contributed by atoms with E-state index in [1.54, 1.807) is 6.08 Å². The Balaban J connectivity index is 2.72. The summed E-state index contributed by atoms with van der Waals surface area (Å²) in [6.07, 6.45) is 4.74. The number of carbonyl (C=O) groups excluding carboxylic acids is 1. The van der Waals surface area contributed by atoms with Crippen molar-refractivity contribution in [2.24, 2.45) is 0 Å². The number of aliphatic hydroxyl groups excluding tert-OH is 1. The van der Waals surface area contributed by atoms with E-state index in [4.69, 9.17) is 5.11 Å². The molecule has 0 aromatic heterocycles. The molecule has 20 heavy (non-hydrogen) atoms. The molecular weight excluding hydrogens is 250 g/mol. The second kappa shape index (κ2) is 7.25. The normalized spacial score (nSPS) is 14.2. The molecule has 1 aromatic carbocycles. The summed E-state index contributed by atoms with van der Waals surface area (Å²) in [4.78, 5) is 12.0. The van der Waals surface area contributed by atoms with E-state index in [1.807, 2.05) is 39.0 Å². The van der Waals surface area contributed by atoms with E-state index in [9.17, 15) is 4.79 Å². The predicted octanol–water partition coefficient (Wildman–Crippen LogP) is 2.98. The first kappa shape index (κ1) is 16.4. The maximum atomic E-state index is 12.0. The van der Waals surface area contributed by atoms with E-state index >= 15 is 0 Å². The number of rotatable bonds is 6. The summed E-state index contributed by atoms with van der Waals surface area (Å²) in [7, 11) is 0. The summed E-state index contributed by atoms with van der Waals surface area (Å²) >= 11 is 0. The van der Waals surface area contributed by atoms with E-state index < -0.39 is 0 Å². The lowest BCUT2D eigenvalue weighted by molar-refractivity contribution is -0.118. The second-order valence-corrected chi connectivity index (χ2v) is 5.57. The molecule has 0 aliphatic rings. The molecule has 1 aromatic rings. The molecule has 2 N–H and O–H groups in total. The summed E-state index contributed by atoms with van der Waals surface area (Å²) in [6.45, 7) is 8.11. The molecule has 3 heteroatoms. The van der Waals surface area contributed by atoms with Crippen LogP contribution < -0.4 is 5.32 Å². The van der Waals surface area contributed by atoms with Gasteiger partial charge in [-0.05, 0) is 50.8 Å². The van der Waals surface area contributed by atoms with Gasteiger partial charge in [-0.15, -0.1) is 0 Å². The topological polar surface area (TPSA) is 49.3 Å². The molecule has 0 saturated carbocycles. The highest BCUT2D eigenvalue weighted by Crippen LogP contribution is 2.15. The Kier molecular flexibility index (Phi) is 5.96. The average Bonchev–Trinajstić information content (AvgIpc) is 2.38. The Labute approximate surface area is 121 Å². The van der Waals surface area contributed by atoms with Crippen LogP contribution in [-0.4, -0.2) is 23.2 Å². The number of amides is 1.